The van der Waals surface area contributed by atoms with Crippen molar-refractivity contribution in [2.24, 2.45) is 11.3 Å². The molecule has 4 rings (SSSR count). The predicted molar refractivity (Wildman–Crippen MR) is 259 cm³/mol. The van der Waals surface area contributed by atoms with E-state index in [1.165, 1.54) is 17.2 Å². The van der Waals surface area contributed by atoms with Crippen molar-refractivity contribution in [1.29, 1.82) is 0 Å². The van der Waals surface area contributed by atoms with Gasteiger partial charge in [-0.1, -0.05) is 85.6 Å². The molecule has 16 nitrogen and oxygen atoms in total. The number of ether oxygens (including phenoxy) is 4. The molecule has 0 heterocycles. The average Bonchev–Trinajstić information content (AvgIpc) is 3.76. The van der Waals surface area contributed by atoms with Crippen LogP contribution in [0.2, 0.25) is 0 Å². The predicted octanol–water partition coefficient (Wildman–Crippen LogP) is 8.62. The molecule has 1 aliphatic carbocycles. The smallest absolute Gasteiger partial charge is 0.408 e. The Kier molecular flexibility index (Phi) is 20.4. The first kappa shape index (κ1) is 55.4. The number of esters is 2. The summed E-state index contributed by atoms with van der Waals surface area (Å²) in [5.41, 5.74) is -1.60. The van der Waals surface area contributed by atoms with Crippen LogP contribution >= 0.6 is 0 Å². The number of phenols is 1. The first-order valence-electron chi connectivity index (χ1n) is 23.9. The second kappa shape index (κ2) is 25.4. The molecule has 3 aromatic carbocycles. The molecule has 3 aromatic rings. The summed E-state index contributed by atoms with van der Waals surface area (Å²) in [5, 5.41) is 19.6. The van der Waals surface area contributed by atoms with Crippen LogP contribution in [0.25, 0.3) is 0 Å². The zero-order valence-corrected chi connectivity index (χ0v) is 41.9. The van der Waals surface area contributed by atoms with Crippen LogP contribution < -0.4 is 16.0 Å². The first-order chi connectivity index (χ1) is 32.4. The Balaban J connectivity index is 1.53. The molecule has 0 saturated heterocycles. The van der Waals surface area contributed by atoms with E-state index in [-0.39, 0.29) is 51.3 Å². The standard InChI is InChI=1S/C53H74N4O12/c1-50(2,3)57(43(46(61)68-52(7,8)9)32-37-25-27-41(58)28-26-37)69-47(62)53(29-17-18-30-53)33-40(45(60)67-51(4,5)6)34-55-44(59)42(56-49(64)66-36-39-22-14-11-15-23-39)24-16-19-31-54-48(63)65-35-38-20-12-10-13-21-38/h10-15,20-23,25-28,40,42-43,58H,16-19,24,29-36H2,1-9H3,(H,54,63)(H,55,59)(H,56,64)/t40-,42-,43-/m0/s1. The van der Waals surface area contributed by atoms with E-state index in [2.05, 4.69) is 16.0 Å². The molecule has 0 aromatic heterocycles. The lowest BCUT2D eigenvalue weighted by molar-refractivity contribution is -0.245. The fourth-order valence-corrected chi connectivity index (χ4v) is 7.94. The summed E-state index contributed by atoms with van der Waals surface area (Å²) in [6.45, 7) is 16.0. The van der Waals surface area contributed by atoms with Crippen molar-refractivity contribution < 1.29 is 57.7 Å². The van der Waals surface area contributed by atoms with Crippen molar-refractivity contribution in [3.05, 3.63) is 102 Å². The van der Waals surface area contributed by atoms with Crippen LogP contribution in [0.1, 0.15) is 130 Å². The van der Waals surface area contributed by atoms with Gasteiger partial charge in [0.1, 0.15) is 42.2 Å². The van der Waals surface area contributed by atoms with Gasteiger partial charge >= 0.3 is 30.1 Å². The highest BCUT2D eigenvalue weighted by molar-refractivity contribution is 5.86. The number of phenolic OH excluding ortho intramolecular Hbond substituents is 1. The van der Waals surface area contributed by atoms with Crippen LogP contribution in [-0.2, 0) is 62.6 Å². The Morgan fingerprint density at radius 3 is 1.74 bits per heavy atom. The Hall–Kier alpha value is -6.16. The third-order valence-electron chi connectivity index (χ3n) is 11.3. The van der Waals surface area contributed by atoms with Gasteiger partial charge in [-0.05, 0) is 130 Å². The van der Waals surface area contributed by atoms with Crippen molar-refractivity contribution >= 4 is 36.0 Å². The summed E-state index contributed by atoms with van der Waals surface area (Å²) in [5.74, 6) is -3.44. The van der Waals surface area contributed by atoms with Gasteiger partial charge in [0.05, 0.1) is 11.3 Å². The van der Waals surface area contributed by atoms with E-state index in [9.17, 15) is 33.9 Å². The maximum atomic E-state index is 14.8. The number of carbonyl (C=O) groups is 6. The number of hydrogen-bond acceptors (Lipinski definition) is 13. The lowest BCUT2D eigenvalue weighted by Crippen LogP contribution is -2.56. The quantitative estimate of drug-likeness (QED) is 0.0322. The highest BCUT2D eigenvalue weighted by Gasteiger charge is 2.49. The lowest BCUT2D eigenvalue weighted by Gasteiger charge is -2.41. The van der Waals surface area contributed by atoms with Crippen LogP contribution in [-0.4, -0.2) is 88.1 Å². The van der Waals surface area contributed by atoms with Gasteiger partial charge in [-0.15, -0.1) is 5.06 Å². The molecule has 0 unspecified atom stereocenters. The second-order valence-electron chi connectivity index (χ2n) is 20.7. The van der Waals surface area contributed by atoms with Gasteiger partial charge in [0.2, 0.25) is 5.91 Å². The minimum atomic E-state index is -1.21. The molecule has 378 valence electrons. The Bertz CT molecular complexity index is 2120. The normalized spacial score (nSPS) is 14.9. The maximum Gasteiger partial charge on any atom is 0.408 e. The second-order valence-corrected chi connectivity index (χ2v) is 20.7. The summed E-state index contributed by atoms with van der Waals surface area (Å²) >= 11 is 0. The van der Waals surface area contributed by atoms with Gasteiger partial charge in [-0.2, -0.15) is 0 Å². The SMILES string of the molecule is CC(C)(C)OC(=O)[C@H](CNC(=O)[C@H](CCCCNC(=O)OCc1ccccc1)NC(=O)OCc1ccccc1)CC1(C(=O)ON([C@@H](Cc2ccc(O)cc2)C(=O)OC(C)(C)C)C(C)(C)C)CCCC1. The van der Waals surface area contributed by atoms with Crippen molar-refractivity contribution in [3.63, 3.8) is 0 Å². The maximum absolute atomic E-state index is 14.8. The molecule has 69 heavy (non-hydrogen) atoms. The highest BCUT2D eigenvalue weighted by atomic mass is 16.7. The minimum absolute atomic E-state index is 0.0309. The number of nitrogens with one attached hydrogen (secondary N) is 3. The van der Waals surface area contributed by atoms with Gasteiger partial charge < -0.3 is 44.8 Å². The van der Waals surface area contributed by atoms with Crippen LogP contribution in [0, 0.1) is 11.3 Å². The number of alkyl carbamates (subject to hydrolysis) is 2. The molecule has 1 saturated carbocycles. The van der Waals surface area contributed by atoms with Gasteiger partial charge in [0.25, 0.3) is 0 Å². The first-order valence-corrected chi connectivity index (χ1v) is 23.9. The number of unbranched alkanes of at least 4 members (excludes halogenated alkanes) is 1. The zero-order chi connectivity index (χ0) is 50.8. The third-order valence-corrected chi connectivity index (χ3v) is 11.3. The van der Waals surface area contributed by atoms with Gasteiger partial charge in [-0.25, -0.2) is 14.4 Å². The number of amides is 3. The van der Waals surface area contributed by atoms with Crippen molar-refractivity contribution in [2.75, 3.05) is 13.1 Å². The van der Waals surface area contributed by atoms with E-state index < -0.39 is 76.2 Å². The summed E-state index contributed by atoms with van der Waals surface area (Å²) in [4.78, 5) is 88.9. The summed E-state index contributed by atoms with van der Waals surface area (Å²) < 4.78 is 22.5. The van der Waals surface area contributed by atoms with Gasteiger partial charge in [-0.3, -0.25) is 14.4 Å². The lowest BCUT2D eigenvalue weighted by atomic mass is 9.77. The molecule has 0 aliphatic heterocycles. The number of nitrogens with zero attached hydrogens (tertiary/aromatic N) is 1. The Morgan fingerprint density at radius 2 is 1.20 bits per heavy atom. The van der Waals surface area contributed by atoms with Crippen LogP contribution in [0.3, 0.4) is 0 Å². The van der Waals surface area contributed by atoms with Crippen molar-refractivity contribution in [2.45, 2.75) is 162 Å². The molecule has 4 N–H and O–H groups in total. The van der Waals surface area contributed by atoms with Gasteiger partial charge in [0.15, 0.2) is 0 Å². The van der Waals surface area contributed by atoms with Crippen molar-refractivity contribution in [3.8, 4) is 5.75 Å². The van der Waals surface area contributed by atoms with Crippen LogP contribution in [0.4, 0.5) is 9.59 Å². The Labute approximate surface area is 407 Å². The van der Waals surface area contributed by atoms with E-state index in [4.69, 9.17) is 23.8 Å². The fourth-order valence-electron chi connectivity index (χ4n) is 7.94. The number of aromatic hydroxyl groups is 1. The summed E-state index contributed by atoms with van der Waals surface area (Å²) in [6, 6.07) is 22.6. The van der Waals surface area contributed by atoms with E-state index in [1.807, 2.05) is 69.3 Å². The molecule has 16 heteroatoms. The van der Waals surface area contributed by atoms with E-state index >= 15 is 0 Å². The highest BCUT2D eigenvalue weighted by Crippen LogP contribution is 2.45. The van der Waals surface area contributed by atoms with Crippen molar-refractivity contribution in [1.82, 2.24) is 21.0 Å². The summed E-state index contributed by atoms with van der Waals surface area (Å²) in [6.07, 6.45) is 1.72. The number of benzene rings is 3. The molecule has 0 bridgehead atoms. The summed E-state index contributed by atoms with van der Waals surface area (Å²) in [7, 11) is 0. The molecular formula is C53H74N4O12. The molecule has 1 fully saturated rings. The molecule has 3 atom stereocenters. The molecule has 0 radical (unpaired) electrons. The largest absolute Gasteiger partial charge is 0.508 e. The Morgan fingerprint density at radius 1 is 0.667 bits per heavy atom. The number of hydrogen-bond donors (Lipinski definition) is 4. The molecule has 0 spiro atoms. The number of carbonyl (C=O) groups excluding carboxylic acids is 6. The average molecular weight is 959 g/mol. The molecule has 3 amide bonds. The molecular weight excluding hydrogens is 885 g/mol. The molecule has 1 aliphatic rings. The monoisotopic (exact) mass is 959 g/mol. The third kappa shape index (κ3) is 19.4. The number of hydroxylamine groups is 2. The topological polar surface area (TPSA) is 208 Å². The number of rotatable bonds is 22. The fraction of sp³-hybridized carbons (Fsp3) is 0.547. The zero-order valence-electron chi connectivity index (χ0n) is 41.9. The van der Waals surface area contributed by atoms with E-state index in [0.29, 0.717) is 44.1 Å². The van der Waals surface area contributed by atoms with Crippen LogP contribution in [0.5, 0.6) is 5.75 Å². The minimum Gasteiger partial charge on any atom is -0.508 e. The van der Waals surface area contributed by atoms with E-state index in [1.54, 1.807) is 65.8 Å². The van der Waals surface area contributed by atoms with Crippen LogP contribution in [0.15, 0.2) is 84.9 Å². The van der Waals surface area contributed by atoms with Gasteiger partial charge in [0, 0.05) is 25.0 Å². The van der Waals surface area contributed by atoms with E-state index in [0.717, 1.165) is 11.1 Å².